The summed E-state index contributed by atoms with van der Waals surface area (Å²) in [5.74, 6) is 0.256. The van der Waals surface area contributed by atoms with Crippen LogP contribution in [0.5, 0.6) is 5.75 Å². The van der Waals surface area contributed by atoms with Crippen molar-refractivity contribution >= 4 is 21.8 Å². The highest BCUT2D eigenvalue weighted by Gasteiger charge is 2.15. The number of rotatable bonds is 5. The van der Waals surface area contributed by atoms with E-state index >= 15 is 0 Å². The van der Waals surface area contributed by atoms with E-state index in [0.29, 0.717) is 11.3 Å². The number of nitrogens with one attached hydrogen (secondary N) is 1. The minimum atomic E-state index is -3.79. The van der Waals surface area contributed by atoms with Gasteiger partial charge in [0.05, 0.1) is 17.6 Å². The minimum absolute atomic E-state index is 0.0579. The number of methoxy groups -OCH3 is 1. The molecule has 0 atom stereocenters. The molecule has 0 saturated carbocycles. The van der Waals surface area contributed by atoms with Gasteiger partial charge in [-0.1, -0.05) is 0 Å². The Labute approximate surface area is 122 Å². The lowest BCUT2D eigenvalue weighted by molar-refractivity contribution is 0.101. The van der Waals surface area contributed by atoms with Gasteiger partial charge in [0.2, 0.25) is 5.95 Å². The van der Waals surface area contributed by atoms with Crippen LogP contribution in [0.4, 0.5) is 5.95 Å². The van der Waals surface area contributed by atoms with Crippen LogP contribution in [0, 0.1) is 0 Å². The van der Waals surface area contributed by atoms with E-state index in [1.54, 1.807) is 0 Å². The third-order valence-electron chi connectivity index (χ3n) is 2.65. The summed E-state index contributed by atoms with van der Waals surface area (Å²) < 4.78 is 31.4. The second-order valence-corrected chi connectivity index (χ2v) is 5.81. The Balaban J connectivity index is 2.21. The number of ether oxygens (including phenoxy) is 1. The maximum absolute atomic E-state index is 12.1. The molecule has 0 amide bonds. The number of aromatic nitrogens is 2. The zero-order chi connectivity index (χ0) is 15.5. The fourth-order valence-electron chi connectivity index (χ4n) is 1.50. The number of carbonyl (C=O) groups is 1. The van der Waals surface area contributed by atoms with E-state index in [-0.39, 0.29) is 16.6 Å². The van der Waals surface area contributed by atoms with Gasteiger partial charge in [0.15, 0.2) is 5.78 Å². The SMILES string of the molecule is COc1ccc(S(=O)(=O)Nc2ncc(C(C)=O)cn2)cc1. The van der Waals surface area contributed by atoms with Gasteiger partial charge >= 0.3 is 0 Å². The molecule has 1 heterocycles. The largest absolute Gasteiger partial charge is 0.497 e. The monoisotopic (exact) mass is 307 g/mol. The zero-order valence-electron chi connectivity index (χ0n) is 11.4. The molecule has 0 aliphatic rings. The molecule has 110 valence electrons. The van der Waals surface area contributed by atoms with Crippen LogP contribution in [0.2, 0.25) is 0 Å². The molecule has 0 saturated heterocycles. The minimum Gasteiger partial charge on any atom is -0.497 e. The van der Waals surface area contributed by atoms with Crippen molar-refractivity contribution in [3.63, 3.8) is 0 Å². The molecular weight excluding hydrogens is 294 g/mol. The molecule has 0 radical (unpaired) electrons. The van der Waals surface area contributed by atoms with Crippen LogP contribution < -0.4 is 9.46 Å². The highest BCUT2D eigenvalue weighted by atomic mass is 32.2. The Morgan fingerprint density at radius 3 is 2.19 bits per heavy atom. The standard InChI is InChI=1S/C13H13N3O4S/c1-9(17)10-7-14-13(15-8-10)16-21(18,19)12-5-3-11(20-2)4-6-12/h3-8H,1-2H3,(H,14,15,16). The summed E-state index contributed by atoms with van der Waals surface area (Å²) in [5.41, 5.74) is 0.308. The smallest absolute Gasteiger partial charge is 0.264 e. The number of hydrogen-bond donors (Lipinski definition) is 1. The van der Waals surface area contributed by atoms with Gasteiger partial charge in [-0.2, -0.15) is 0 Å². The van der Waals surface area contributed by atoms with Crippen molar-refractivity contribution in [3.05, 3.63) is 42.2 Å². The molecule has 0 unspecified atom stereocenters. The number of anilines is 1. The van der Waals surface area contributed by atoms with E-state index in [1.165, 1.54) is 50.7 Å². The number of nitrogens with zero attached hydrogens (tertiary/aromatic N) is 2. The third-order valence-corrected chi connectivity index (χ3v) is 4.00. The number of sulfonamides is 1. The first-order valence-electron chi connectivity index (χ1n) is 5.92. The zero-order valence-corrected chi connectivity index (χ0v) is 12.2. The molecule has 0 spiro atoms. The van der Waals surface area contributed by atoms with E-state index in [4.69, 9.17) is 4.74 Å². The molecule has 1 aromatic heterocycles. The molecular formula is C13H13N3O4S. The van der Waals surface area contributed by atoms with E-state index in [9.17, 15) is 13.2 Å². The van der Waals surface area contributed by atoms with Gasteiger partial charge in [0, 0.05) is 12.4 Å². The summed E-state index contributed by atoms with van der Waals surface area (Å²) >= 11 is 0. The second kappa shape index (κ2) is 5.88. The predicted molar refractivity (Wildman–Crippen MR) is 75.8 cm³/mol. The molecule has 7 nitrogen and oxygen atoms in total. The molecule has 21 heavy (non-hydrogen) atoms. The van der Waals surface area contributed by atoms with Crippen molar-refractivity contribution in [1.29, 1.82) is 0 Å². The van der Waals surface area contributed by atoms with Crippen molar-refractivity contribution in [2.75, 3.05) is 11.8 Å². The van der Waals surface area contributed by atoms with Gasteiger partial charge < -0.3 is 4.74 Å². The van der Waals surface area contributed by atoms with Crippen LogP contribution in [0.3, 0.4) is 0 Å². The fourth-order valence-corrected chi connectivity index (χ4v) is 2.45. The average molecular weight is 307 g/mol. The van der Waals surface area contributed by atoms with Gasteiger partial charge in [-0.3, -0.25) is 4.79 Å². The van der Waals surface area contributed by atoms with Crippen molar-refractivity contribution in [2.24, 2.45) is 0 Å². The van der Waals surface area contributed by atoms with Crippen LogP contribution in [0.15, 0.2) is 41.6 Å². The van der Waals surface area contributed by atoms with E-state index in [0.717, 1.165) is 0 Å². The average Bonchev–Trinajstić information content (AvgIpc) is 2.47. The number of Topliss-reactive ketones (excluding diaryl/α,β-unsaturated/α-hetero) is 1. The maximum atomic E-state index is 12.1. The van der Waals surface area contributed by atoms with Crippen molar-refractivity contribution in [2.45, 2.75) is 11.8 Å². The second-order valence-electron chi connectivity index (χ2n) is 4.13. The lowest BCUT2D eigenvalue weighted by Crippen LogP contribution is -2.15. The Bertz CT molecular complexity index is 740. The molecule has 8 heteroatoms. The highest BCUT2D eigenvalue weighted by molar-refractivity contribution is 7.92. The number of benzene rings is 1. The molecule has 0 aliphatic heterocycles. The Hall–Kier alpha value is -2.48. The summed E-state index contributed by atoms with van der Waals surface area (Å²) in [6.45, 7) is 1.37. The van der Waals surface area contributed by atoms with Crippen LogP contribution in [-0.4, -0.2) is 31.3 Å². The van der Waals surface area contributed by atoms with Crippen molar-refractivity contribution < 1.29 is 17.9 Å². The van der Waals surface area contributed by atoms with Crippen LogP contribution in [-0.2, 0) is 10.0 Å². The first-order valence-corrected chi connectivity index (χ1v) is 7.40. The molecule has 1 aromatic carbocycles. The Morgan fingerprint density at radius 2 is 1.71 bits per heavy atom. The molecule has 0 fully saturated rings. The van der Waals surface area contributed by atoms with Gasteiger partial charge in [0.25, 0.3) is 10.0 Å². The summed E-state index contributed by atoms with van der Waals surface area (Å²) in [5, 5.41) is 0. The molecule has 1 N–H and O–H groups in total. The topological polar surface area (TPSA) is 98.3 Å². The summed E-state index contributed by atoms with van der Waals surface area (Å²) in [7, 11) is -2.29. The van der Waals surface area contributed by atoms with Crippen LogP contribution in [0.25, 0.3) is 0 Å². The van der Waals surface area contributed by atoms with Gasteiger partial charge in [0.1, 0.15) is 5.75 Å². The quantitative estimate of drug-likeness (QED) is 0.840. The van der Waals surface area contributed by atoms with E-state index in [2.05, 4.69) is 14.7 Å². The normalized spacial score (nSPS) is 11.0. The van der Waals surface area contributed by atoms with Crippen LogP contribution in [0.1, 0.15) is 17.3 Å². The Kier molecular flexibility index (Phi) is 4.18. The first kappa shape index (κ1) is 14.9. The van der Waals surface area contributed by atoms with Gasteiger partial charge in [-0.25, -0.2) is 23.1 Å². The van der Waals surface area contributed by atoms with Gasteiger partial charge in [-0.05, 0) is 31.2 Å². The molecule has 2 aromatic rings. The number of hydrogen-bond acceptors (Lipinski definition) is 6. The van der Waals surface area contributed by atoms with E-state index < -0.39 is 10.0 Å². The van der Waals surface area contributed by atoms with Gasteiger partial charge in [-0.15, -0.1) is 0 Å². The fraction of sp³-hybridized carbons (Fsp3) is 0.154. The van der Waals surface area contributed by atoms with E-state index in [1.807, 2.05) is 0 Å². The maximum Gasteiger partial charge on any atom is 0.264 e. The summed E-state index contributed by atoms with van der Waals surface area (Å²) in [6.07, 6.45) is 2.53. The molecule has 0 aliphatic carbocycles. The Morgan fingerprint density at radius 1 is 1.14 bits per heavy atom. The molecule has 0 bridgehead atoms. The van der Waals surface area contributed by atoms with Crippen molar-refractivity contribution in [1.82, 2.24) is 9.97 Å². The first-order chi connectivity index (χ1) is 9.92. The predicted octanol–water partition coefficient (Wildman–Crippen LogP) is 1.49. The number of carbonyl (C=O) groups excluding carboxylic acids is 1. The summed E-state index contributed by atoms with van der Waals surface area (Å²) in [4.78, 5) is 18.7. The van der Waals surface area contributed by atoms with Crippen molar-refractivity contribution in [3.8, 4) is 5.75 Å². The summed E-state index contributed by atoms with van der Waals surface area (Å²) in [6, 6.07) is 5.89. The number of ketones is 1. The lowest BCUT2D eigenvalue weighted by atomic mass is 10.2. The highest BCUT2D eigenvalue weighted by Crippen LogP contribution is 2.17. The molecule has 2 rings (SSSR count). The lowest BCUT2D eigenvalue weighted by Gasteiger charge is -2.07. The third kappa shape index (κ3) is 3.54. The van der Waals surface area contributed by atoms with Crippen LogP contribution >= 0.6 is 0 Å².